The van der Waals surface area contributed by atoms with Crippen molar-refractivity contribution in [1.29, 1.82) is 0 Å². The van der Waals surface area contributed by atoms with Crippen LogP contribution in [0.2, 0.25) is 0 Å². The van der Waals surface area contributed by atoms with E-state index in [-0.39, 0.29) is 6.54 Å². The molecule has 2 heterocycles. The number of benzene rings is 1. The summed E-state index contributed by atoms with van der Waals surface area (Å²) in [5, 5.41) is 1.87. The minimum absolute atomic E-state index is 0.261. The number of rotatable bonds is 3. The van der Waals surface area contributed by atoms with Gasteiger partial charge in [-0.1, -0.05) is 24.3 Å². The van der Waals surface area contributed by atoms with E-state index in [0.717, 1.165) is 22.4 Å². The Bertz CT molecular complexity index is 766. The van der Waals surface area contributed by atoms with E-state index >= 15 is 0 Å². The first kappa shape index (κ1) is 14.7. The lowest BCUT2D eigenvalue weighted by Crippen LogP contribution is -2.36. The molecular weight excluding hydrogens is 304 g/mol. The van der Waals surface area contributed by atoms with Crippen LogP contribution in [0.5, 0.6) is 0 Å². The molecule has 0 saturated carbocycles. The van der Waals surface area contributed by atoms with Crippen molar-refractivity contribution in [2.75, 3.05) is 6.54 Å². The largest absolute Gasteiger partial charge is 0.326 e. The normalized spacial score (nSPS) is 15.9. The second-order valence-corrected chi connectivity index (χ2v) is 8.07. The molecule has 1 aromatic heterocycles. The number of fused-ring (bicyclic) bond motifs is 1. The highest BCUT2D eigenvalue weighted by molar-refractivity contribution is 7.89. The van der Waals surface area contributed by atoms with Gasteiger partial charge in [-0.05, 0) is 35.4 Å². The van der Waals surface area contributed by atoms with Crippen LogP contribution in [0.4, 0.5) is 0 Å². The van der Waals surface area contributed by atoms with Crippen molar-refractivity contribution in [3.8, 4) is 0 Å². The number of aryl methyl sites for hydroxylation is 1. The van der Waals surface area contributed by atoms with E-state index in [9.17, 15) is 8.42 Å². The molecule has 2 N–H and O–H groups in total. The Labute approximate surface area is 129 Å². The van der Waals surface area contributed by atoms with Gasteiger partial charge >= 0.3 is 0 Å². The van der Waals surface area contributed by atoms with Gasteiger partial charge in [0.2, 0.25) is 10.0 Å². The predicted octanol–water partition coefficient (Wildman–Crippen LogP) is 2.26. The van der Waals surface area contributed by atoms with Gasteiger partial charge in [-0.15, -0.1) is 11.3 Å². The van der Waals surface area contributed by atoms with E-state index in [1.807, 2.05) is 30.5 Å². The van der Waals surface area contributed by atoms with Gasteiger partial charge in [0.1, 0.15) is 4.90 Å². The molecule has 0 saturated heterocycles. The Balaban J connectivity index is 1.99. The molecule has 0 spiro atoms. The van der Waals surface area contributed by atoms with Crippen molar-refractivity contribution in [2.45, 2.75) is 31.3 Å². The smallest absolute Gasteiger partial charge is 0.244 e. The molecule has 6 heteroatoms. The maximum Gasteiger partial charge on any atom is 0.244 e. The van der Waals surface area contributed by atoms with Crippen molar-refractivity contribution in [1.82, 2.24) is 4.31 Å². The van der Waals surface area contributed by atoms with E-state index in [1.165, 1.54) is 16.9 Å². The average Bonchev–Trinajstić information content (AvgIpc) is 2.88. The molecule has 1 aliphatic rings. The van der Waals surface area contributed by atoms with Gasteiger partial charge in [0.05, 0.1) is 0 Å². The van der Waals surface area contributed by atoms with Crippen molar-refractivity contribution in [2.24, 2.45) is 5.73 Å². The first-order chi connectivity index (χ1) is 10.0. The number of sulfonamides is 1. The van der Waals surface area contributed by atoms with Crippen LogP contribution < -0.4 is 5.73 Å². The summed E-state index contributed by atoms with van der Waals surface area (Å²) in [5.41, 5.74) is 8.82. The number of hydrogen-bond acceptors (Lipinski definition) is 4. The summed E-state index contributed by atoms with van der Waals surface area (Å²) in [6, 6.07) is 8.02. The van der Waals surface area contributed by atoms with Crippen LogP contribution >= 0.6 is 11.3 Å². The molecule has 0 atom stereocenters. The topological polar surface area (TPSA) is 63.4 Å². The molecule has 1 aromatic carbocycles. The standard InChI is InChI=1S/C15H18N2O2S2/c1-11-10-20-14(8-16)15(11)21(18,19)17-7-6-12-4-2-3-5-13(12)9-17/h2-5,10H,6-9,16H2,1H3. The molecule has 112 valence electrons. The molecule has 21 heavy (non-hydrogen) atoms. The molecule has 4 nitrogen and oxygen atoms in total. The number of nitrogens with two attached hydrogens (primary N) is 1. The molecule has 0 aliphatic carbocycles. The van der Waals surface area contributed by atoms with Crippen LogP contribution in [-0.4, -0.2) is 19.3 Å². The Hall–Kier alpha value is -1.21. The van der Waals surface area contributed by atoms with E-state index in [4.69, 9.17) is 5.73 Å². The van der Waals surface area contributed by atoms with E-state index < -0.39 is 10.0 Å². The summed E-state index contributed by atoms with van der Waals surface area (Å²) >= 11 is 1.42. The van der Waals surface area contributed by atoms with Gasteiger partial charge in [-0.25, -0.2) is 8.42 Å². The number of thiophene rings is 1. The summed E-state index contributed by atoms with van der Waals surface area (Å²) < 4.78 is 27.4. The lowest BCUT2D eigenvalue weighted by atomic mass is 10.0. The molecule has 0 radical (unpaired) electrons. The van der Waals surface area contributed by atoms with Crippen LogP contribution in [0.25, 0.3) is 0 Å². The SMILES string of the molecule is Cc1csc(CN)c1S(=O)(=O)N1CCc2ccccc2C1. The Morgan fingerprint density at radius 2 is 2.00 bits per heavy atom. The quantitative estimate of drug-likeness (QED) is 0.943. The van der Waals surface area contributed by atoms with Crippen LogP contribution in [0.3, 0.4) is 0 Å². The minimum atomic E-state index is -3.47. The van der Waals surface area contributed by atoms with E-state index in [0.29, 0.717) is 18.0 Å². The maximum absolute atomic E-state index is 12.9. The highest BCUT2D eigenvalue weighted by Crippen LogP contribution is 2.31. The molecule has 0 fully saturated rings. The first-order valence-corrected chi connectivity index (χ1v) is 9.20. The fourth-order valence-electron chi connectivity index (χ4n) is 2.78. The second kappa shape index (κ2) is 5.53. The third-order valence-corrected chi connectivity index (χ3v) is 7.20. The molecular formula is C15H18N2O2S2. The summed E-state index contributed by atoms with van der Waals surface area (Å²) in [6.45, 7) is 3.06. The highest BCUT2D eigenvalue weighted by atomic mass is 32.2. The lowest BCUT2D eigenvalue weighted by Gasteiger charge is -2.28. The number of nitrogens with zero attached hydrogens (tertiary/aromatic N) is 1. The van der Waals surface area contributed by atoms with Crippen LogP contribution in [0.15, 0.2) is 34.5 Å². The zero-order valence-corrected chi connectivity index (χ0v) is 13.5. The van der Waals surface area contributed by atoms with E-state index in [1.54, 1.807) is 4.31 Å². The Morgan fingerprint density at radius 1 is 1.29 bits per heavy atom. The van der Waals surface area contributed by atoms with Gasteiger partial charge in [0, 0.05) is 24.5 Å². The molecule has 0 amide bonds. The van der Waals surface area contributed by atoms with Gasteiger partial charge in [-0.2, -0.15) is 4.31 Å². The summed E-state index contributed by atoms with van der Waals surface area (Å²) in [7, 11) is -3.47. The Morgan fingerprint density at radius 3 is 2.71 bits per heavy atom. The Kier molecular flexibility index (Phi) is 3.88. The lowest BCUT2D eigenvalue weighted by molar-refractivity contribution is 0.391. The fraction of sp³-hybridized carbons (Fsp3) is 0.333. The maximum atomic E-state index is 12.9. The zero-order valence-electron chi connectivity index (χ0n) is 11.9. The van der Waals surface area contributed by atoms with Crippen LogP contribution in [0, 0.1) is 6.92 Å². The fourth-order valence-corrected chi connectivity index (χ4v) is 5.85. The second-order valence-electron chi connectivity index (χ2n) is 5.23. The molecule has 1 aliphatic heterocycles. The van der Waals surface area contributed by atoms with Crippen molar-refractivity contribution >= 4 is 21.4 Å². The van der Waals surface area contributed by atoms with Crippen LogP contribution in [0.1, 0.15) is 21.6 Å². The van der Waals surface area contributed by atoms with Gasteiger partial charge in [0.25, 0.3) is 0 Å². The highest BCUT2D eigenvalue weighted by Gasteiger charge is 2.31. The van der Waals surface area contributed by atoms with Crippen molar-refractivity contribution in [3.05, 3.63) is 51.2 Å². The molecule has 0 unspecified atom stereocenters. The summed E-state index contributed by atoms with van der Waals surface area (Å²) in [6.07, 6.45) is 0.760. The molecule has 0 bridgehead atoms. The molecule has 2 aromatic rings. The molecule has 3 rings (SSSR count). The predicted molar refractivity (Wildman–Crippen MR) is 84.7 cm³/mol. The average molecular weight is 322 g/mol. The van der Waals surface area contributed by atoms with Gasteiger partial charge in [-0.3, -0.25) is 0 Å². The first-order valence-electron chi connectivity index (χ1n) is 6.88. The van der Waals surface area contributed by atoms with Crippen molar-refractivity contribution in [3.63, 3.8) is 0 Å². The minimum Gasteiger partial charge on any atom is -0.326 e. The monoisotopic (exact) mass is 322 g/mol. The van der Waals surface area contributed by atoms with Gasteiger partial charge < -0.3 is 5.73 Å². The third-order valence-electron chi connectivity index (χ3n) is 3.87. The van der Waals surface area contributed by atoms with Crippen molar-refractivity contribution < 1.29 is 8.42 Å². The summed E-state index contributed by atoms with van der Waals surface area (Å²) in [5.74, 6) is 0. The van der Waals surface area contributed by atoms with Gasteiger partial charge in [0.15, 0.2) is 0 Å². The third kappa shape index (κ3) is 2.53. The zero-order chi connectivity index (χ0) is 15.0. The summed E-state index contributed by atoms with van der Waals surface area (Å²) in [4.78, 5) is 1.15. The number of hydrogen-bond donors (Lipinski definition) is 1. The van der Waals surface area contributed by atoms with E-state index in [2.05, 4.69) is 6.07 Å². The van der Waals surface area contributed by atoms with Crippen LogP contribution in [-0.2, 0) is 29.5 Å².